The Morgan fingerprint density at radius 2 is 1.89 bits per heavy atom. The van der Waals surface area contributed by atoms with Crippen molar-refractivity contribution in [1.29, 1.82) is 0 Å². The number of aryl methyl sites for hydroxylation is 1. The number of fused-ring (bicyclic) bond motifs is 2. The van der Waals surface area contributed by atoms with E-state index in [1.807, 2.05) is 31.2 Å². The molecule has 0 saturated carbocycles. The number of sulfonamides is 1. The molecule has 0 spiro atoms. The molecule has 0 saturated heterocycles. The van der Waals surface area contributed by atoms with Gasteiger partial charge in [0.25, 0.3) is 0 Å². The van der Waals surface area contributed by atoms with E-state index in [0.717, 1.165) is 22.2 Å². The molecule has 2 heterocycles. The van der Waals surface area contributed by atoms with Gasteiger partial charge >= 0.3 is 5.63 Å². The number of para-hydroxylation sites is 1. The summed E-state index contributed by atoms with van der Waals surface area (Å²) in [6, 6.07) is 15.2. The molecule has 138 valence electrons. The molecule has 7 heteroatoms. The van der Waals surface area contributed by atoms with Crippen LogP contribution in [0.3, 0.4) is 0 Å². The first-order valence-electron chi connectivity index (χ1n) is 8.54. The van der Waals surface area contributed by atoms with Crippen LogP contribution >= 0.6 is 0 Å². The maximum absolute atomic E-state index is 12.6. The van der Waals surface area contributed by atoms with Crippen LogP contribution in [0.4, 0.5) is 0 Å². The molecular formula is C20H18N2O4S. The van der Waals surface area contributed by atoms with Crippen molar-refractivity contribution in [3.63, 3.8) is 0 Å². The SMILES string of the molecule is Cc1[nH]c2ccccc2c1CCNS(=O)(=O)c1ccc2oc(=O)ccc2c1. The van der Waals surface area contributed by atoms with Crippen LogP contribution in [-0.4, -0.2) is 19.9 Å². The Kier molecular flexibility index (Phi) is 4.33. The molecular weight excluding hydrogens is 364 g/mol. The maximum Gasteiger partial charge on any atom is 0.336 e. The van der Waals surface area contributed by atoms with Gasteiger partial charge in [-0.1, -0.05) is 18.2 Å². The monoisotopic (exact) mass is 382 g/mol. The number of rotatable bonds is 5. The molecule has 0 unspecified atom stereocenters. The van der Waals surface area contributed by atoms with E-state index in [0.29, 0.717) is 17.4 Å². The summed E-state index contributed by atoms with van der Waals surface area (Å²) in [5.74, 6) is 0. The van der Waals surface area contributed by atoms with Crippen molar-refractivity contribution in [2.45, 2.75) is 18.2 Å². The molecule has 4 rings (SSSR count). The summed E-state index contributed by atoms with van der Waals surface area (Å²) < 4.78 is 32.9. The highest BCUT2D eigenvalue weighted by Gasteiger charge is 2.15. The number of hydrogen-bond donors (Lipinski definition) is 2. The summed E-state index contributed by atoms with van der Waals surface area (Å²) >= 11 is 0. The average molecular weight is 382 g/mol. The smallest absolute Gasteiger partial charge is 0.336 e. The van der Waals surface area contributed by atoms with Gasteiger partial charge in [0.05, 0.1) is 4.90 Å². The minimum atomic E-state index is -3.66. The molecule has 6 nitrogen and oxygen atoms in total. The maximum atomic E-state index is 12.6. The first-order valence-corrected chi connectivity index (χ1v) is 10.0. The molecule has 0 aliphatic heterocycles. The quantitative estimate of drug-likeness (QED) is 0.519. The van der Waals surface area contributed by atoms with Crippen molar-refractivity contribution in [3.8, 4) is 0 Å². The Morgan fingerprint density at radius 1 is 1.07 bits per heavy atom. The van der Waals surface area contributed by atoms with Gasteiger partial charge < -0.3 is 9.40 Å². The number of H-pyrrole nitrogens is 1. The largest absolute Gasteiger partial charge is 0.423 e. The molecule has 0 fully saturated rings. The second-order valence-corrected chi connectivity index (χ2v) is 8.14. The first-order chi connectivity index (χ1) is 12.9. The van der Waals surface area contributed by atoms with E-state index >= 15 is 0 Å². The zero-order chi connectivity index (χ0) is 19.0. The first kappa shape index (κ1) is 17.5. The topological polar surface area (TPSA) is 92.2 Å². The van der Waals surface area contributed by atoms with Gasteiger partial charge in [-0.2, -0.15) is 0 Å². The van der Waals surface area contributed by atoms with Gasteiger partial charge in [-0.25, -0.2) is 17.9 Å². The molecule has 2 aromatic carbocycles. The summed E-state index contributed by atoms with van der Waals surface area (Å²) in [5, 5.41) is 1.67. The molecule has 0 bridgehead atoms. The Bertz CT molecular complexity index is 1300. The fraction of sp³-hybridized carbons (Fsp3) is 0.150. The van der Waals surface area contributed by atoms with Gasteiger partial charge in [0.15, 0.2) is 0 Å². The van der Waals surface area contributed by atoms with Crippen LogP contribution < -0.4 is 10.3 Å². The molecule has 0 aliphatic rings. The van der Waals surface area contributed by atoms with Crippen molar-refractivity contribution in [2.75, 3.05) is 6.54 Å². The summed E-state index contributed by atoms with van der Waals surface area (Å²) in [6.45, 7) is 2.27. The minimum Gasteiger partial charge on any atom is -0.423 e. The van der Waals surface area contributed by atoms with Gasteiger partial charge in [-0.3, -0.25) is 0 Å². The average Bonchev–Trinajstić information content (AvgIpc) is 2.96. The third-order valence-electron chi connectivity index (χ3n) is 4.60. The zero-order valence-electron chi connectivity index (χ0n) is 14.7. The van der Waals surface area contributed by atoms with Crippen LogP contribution in [0.2, 0.25) is 0 Å². The van der Waals surface area contributed by atoms with Crippen LogP contribution in [0.25, 0.3) is 21.9 Å². The number of hydrogen-bond acceptors (Lipinski definition) is 4. The highest BCUT2D eigenvalue weighted by molar-refractivity contribution is 7.89. The molecule has 2 aromatic heterocycles. The molecule has 4 aromatic rings. The van der Waals surface area contributed by atoms with Gasteiger partial charge in [0.2, 0.25) is 10.0 Å². The summed E-state index contributed by atoms with van der Waals surface area (Å²) in [5.41, 5.74) is 3.08. The number of nitrogens with one attached hydrogen (secondary N) is 2. The minimum absolute atomic E-state index is 0.138. The van der Waals surface area contributed by atoms with E-state index in [1.54, 1.807) is 6.07 Å². The second-order valence-electron chi connectivity index (χ2n) is 6.38. The van der Waals surface area contributed by atoms with Crippen molar-refractivity contribution in [1.82, 2.24) is 9.71 Å². The Balaban J connectivity index is 1.54. The fourth-order valence-electron chi connectivity index (χ4n) is 3.27. The van der Waals surface area contributed by atoms with Gasteiger partial charge in [-0.15, -0.1) is 0 Å². The highest BCUT2D eigenvalue weighted by Crippen LogP contribution is 2.22. The summed E-state index contributed by atoms with van der Waals surface area (Å²) in [7, 11) is -3.66. The molecule has 0 amide bonds. The number of aromatic nitrogens is 1. The summed E-state index contributed by atoms with van der Waals surface area (Å²) in [4.78, 5) is 14.7. The van der Waals surface area contributed by atoms with Crippen LogP contribution in [0, 0.1) is 6.92 Å². The lowest BCUT2D eigenvalue weighted by Gasteiger charge is -2.08. The molecule has 2 N–H and O–H groups in total. The Labute approximate surface area is 155 Å². The zero-order valence-corrected chi connectivity index (χ0v) is 15.5. The fourth-order valence-corrected chi connectivity index (χ4v) is 4.33. The predicted molar refractivity (Wildman–Crippen MR) is 104 cm³/mol. The van der Waals surface area contributed by atoms with Crippen molar-refractivity contribution < 1.29 is 12.8 Å². The predicted octanol–water partition coefficient (Wildman–Crippen LogP) is 3.10. The third-order valence-corrected chi connectivity index (χ3v) is 6.05. The van der Waals surface area contributed by atoms with E-state index < -0.39 is 15.6 Å². The number of aromatic amines is 1. The highest BCUT2D eigenvalue weighted by atomic mass is 32.2. The van der Waals surface area contributed by atoms with Crippen molar-refractivity contribution in [3.05, 3.63) is 76.3 Å². The van der Waals surface area contributed by atoms with E-state index in [1.165, 1.54) is 24.3 Å². The van der Waals surface area contributed by atoms with Gasteiger partial charge in [-0.05, 0) is 49.2 Å². The molecule has 0 atom stereocenters. The standard InChI is InChI=1S/C20H18N2O4S/c1-13-16(17-4-2-3-5-18(17)22-13)10-11-21-27(24,25)15-7-8-19-14(12-15)6-9-20(23)26-19/h2-9,12,21-22H,10-11H2,1H3. The summed E-state index contributed by atoms with van der Waals surface area (Å²) in [6.07, 6.45) is 0.581. The van der Waals surface area contributed by atoms with Crippen LogP contribution in [0.15, 0.2) is 68.7 Å². The molecule has 0 aliphatic carbocycles. The van der Waals surface area contributed by atoms with Crippen LogP contribution in [0.5, 0.6) is 0 Å². The molecule has 27 heavy (non-hydrogen) atoms. The number of benzene rings is 2. The second kappa shape index (κ2) is 6.68. The third kappa shape index (κ3) is 3.39. The lowest BCUT2D eigenvalue weighted by atomic mass is 10.1. The van der Waals surface area contributed by atoms with Gasteiger partial charge in [0.1, 0.15) is 5.58 Å². The van der Waals surface area contributed by atoms with Crippen molar-refractivity contribution in [2.24, 2.45) is 0 Å². The van der Waals surface area contributed by atoms with Crippen LogP contribution in [-0.2, 0) is 16.4 Å². The lowest BCUT2D eigenvalue weighted by Crippen LogP contribution is -2.26. The van der Waals surface area contributed by atoms with Crippen LogP contribution in [0.1, 0.15) is 11.3 Å². The van der Waals surface area contributed by atoms with E-state index in [9.17, 15) is 13.2 Å². The van der Waals surface area contributed by atoms with E-state index in [-0.39, 0.29) is 11.4 Å². The normalized spacial score (nSPS) is 12.0. The molecule has 0 radical (unpaired) electrons. The van der Waals surface area contributed by atoms with Crippen molar-refractivity contribution >= 4 is 31.9 Å². The Morgan fingerprint density at radius 3 is 2.74 bits per heavy atom. The van der Waals surface area contributed by atoms with E-state index in [4.69, 9.17) is 4.42 Å². The Hall–Kier alpha value is -2.90. The van der Waals surface area contributed by atoms with E-state index in [2.05, 4.69) is 9.71 Å². The lowest BCUT2D eigenvalue weighted by molar-refractivity contribution is 0.560. The van der Waals surface area contributed by atoms with Gasteiger partial charge in [0, 0.05) is 34.6 Å².